The van der Waals surface area contributed by atoms with Crippen LogP contribution in [-0.2, 0) is 29.5 Å². The van der Waals surface area contributed by atoms with Crippen molar-refractivity contribution in [2.24, 2.45) is 0 Å². The third-order valence-corrected chi connectivity index (χ3v) is 6.19. The number of phosphoric ester groups is 1. The lowest BCUT2D eigenvalue weighted by Gasteiger charge is -2.29. The summed E-state index contributed by atoms with van der Waals surface area (Å²) >= 11 is 0. The van der Waals surface area contributed by atoms with Crippen molar-refractivity contribution in [3.05, 3.63) is 67.7 Å². The molecular formula is C18H20FN2O7P. The minimum Gasteiger partial charge on any atom is -0.349 e. The zero-order chi connectivity index (χ0) is 20.8. The summed E-state index contributed by atoms with van der Waals surface area (Å²) in [4.78, 5) is 25.0. The fourth-order valence-electron chi connectivity index (χ4n) is 3.54. The number of nitrogens with one attached hydrogen (secondary N) is 1. The van der Waals surface area contributed by atoms with E-state index in [2.05, 4.69) is 0 Å². The fraction of sp³-hybridized carbons (Fsp3) is 0.444. The van der Waals surface area contributed by atoms with Gasteiger partial charge < -0.3 is 4.74 Å². The first kappa shape index (κ1) is 20.2. The van der Waals surface area contributed by atoms with Gasteiger partial charge in [0.1, 0.15) is 18.4 Å². The Morgan fingerprint density at radius 3 is 2.69 bits per heavy atom. The normalized spacial score (nSPS) is 29.0. The summed E-state index contributed by atoms with van der Waals surface area (Å²) in [5, 5.41) is 0. The van der Waals surface area contributed by atoms with Gasteiger partial charge in [-0.25, -0.2) is 9.36 Å². The van der Waals surface area contributed by atoms with Crippen LogP contribution in [0.4, 0.5) is 4.39 Å². The van der Waals surface area contributed by atoms with Crippen molar-refractivity contribution >= 4 is 7.82 Å². The Morgan fingerprint density at radius 1 is 1.24 bits per heavy atom. The zero-order valence-corrected chi connectivity index (χ0v) is 16.7. The number of phosphoric acid groups is 1. The van der Waals surface area contributed by atoms with Crippen LogP contribution >= 0.6 is 7.82 Å². The molecule has 0 radical (unpaired) electrons. The molecule has 1 N–H and O–H groups in total. The van der Waals surface area contributed by atoms with Gasteiger partial charge in [0.15, 0.2) is 0 Å². The van der Waals surface area contributed by atoms with Crippen LogP contribution in [-0.4, -0.2) is 28.4 Å². The number of aromatic amines is 1. The minimum absolute atomic E-state index is 0.0477. The van der Waals surface area contributed by atoms with E-state index in [1.807, 2.05) is 37.0 Å². The van der Waals surface area contributed by atoms with E-state index in [-0.39, 0.29) is 19.6 Å². The topological polar surface area (TPSA) is 109 Å². The van der Waals surface area contributed by atoms with E-state index in [0.717, 1.165) is 27.5 Å². The van der Waals surface area contributed by atoms with Gasteiger partial charge in [-0.1, -0.05) is 29.3 Å². The Labute approximate surface area is 165 Å². The molecule has 0 bridgehead atoms. The first-order chi connectivity index (χ1) is 13.7. The van der Waals surface area contributed by atoms with Crippen molar-refractivity contribution in [1.82, 2.24) is 9.55 Å². The van der Waals surface area contributed by atoms with E-state index in [9.17, 15) is 18.5 Å². The number of ether oxygens (including phenoxy) is 1. The predicted molar refractivity (Wildman–Crippen MR) is 98.9 cm³/mol. The highest BCUT2D eigenvalue weighted by atomic mass is 31.2. The van der Waals surface area contributed by atoms with Crippen molar-refractivity contribution in [3.63, 3.8) is 0 Å². The molecule has 0 amide bonds. The molecule has 9 nitrogen and oxygen atoms in total. The van der Waals surface area contributed by atoms with E-state index < -0.39 is 43.3 Å². The van der Waals surface area contributed by atoms with Crippen LogP contribution in [0, 0.1) is 19.7 Å². The number of H-pyrrole nitrogens is 1. The lowest BCUT2D eigenvalue weighted by atomic mass is 10.1. The molecule has 1 aromatic carbocycles. The van der Waals surface area contributed by atoms with Gasteiger partial charge in [-0.05, 0) is 19.4 Å². The molecule has 2 aromatic rings. The third-order valence-electron chi connectivity index (χ3n) is 4.75. The maximum atomic E-state index is 13.5. The Hall–Kier alpha value is -2.10. The highest BCUT2D eigenvalue weighted by Crippen LogP contribution is 2.57. The molecule has 156 valence electrons. The molecule has 0 saturated carbocycles. The second-order valence-corrected chi connectivity index (χ2v) is 8.79. The molecule has 11 heteroatoms. The Morgan fingerprint density at radius 2 is 1.97 bits per heavy atom. The van der Waals surface area contributed by atoms with Crippen LogP contribution in [0.15, 0.2) is 34.0 Å². The zero-order valence-electron chi connectivity index (χ0n) is 15.8. The smallest absolute Gasteiger partial charge is 0.349 e. The van der Waals surface area contributed by atoms with E-state index >= 15 is 0 Å². The summed E-state index contributed by atoms with van der Waals surface area (Å²) in [6.07, 6.45) is -1.26. The van der Waals surface area contributed by atoms with E-state index in [4.69, 9.17) is 18.3 Å². The average Bonchev–Trinajstić information content (AvgIpc) is 3.05. The molecule has 2 aliphatic rings. The fourth-order valence-corrected chi connectivity index (χ4v) is 4.93. The van der Waals surface area contributed by atoms with E-state index in [1.165, 1.54) is 0 Å². The predicted octanol–water partition coefficient (Wildman–Crippen LogP) is 2.32. The van der Waals surface area contributed by atoms with Crippen molar-refractivity contribution < 1.29 is 27.3 Å². The molecule has 0 aliphatic carbocycles. The van der Waals surface area contributed by atoms with Gasteiger partial charge in [0.25, 0.3) is 5.56 Å². The van der Waals surface area contributed by atoms with Crippen LogP contribution < -0.4 is 11.2 Å². The summed E-state index contributed by atoms with van der Waals surface area (Å²) in [7, 11) is -3.83. The monoisotopic (exact) mass is 426 g/mol. The van der Waals surface area contributed by atoms with Crippen LogP contribution in [0.3, 0.4) is 0 Å². The molecule has 2 aliphatic heterocycles. The molecule has 1 unspecified atom stereocenters. The molecule has 4 atom stereocenters. The Balaban J connectivity index is 1.44. The molecule has 0 spiro atoms. The second kappa shape index (κ2) is 7.62. The van der Waals surface area contributed by atoms with E-state index in [1.54, 1.807) is 0 Å². The molecule has 3 heterocycles. The molecule has 2 saturated heterocycles. The van der Waals surface area contributed by atoms with Crippen molar-refractivity contribution in [2.45, 2.75) is 45.3 Å². The van der Waals surface area contributed by atoms with Crippen LogP contribution in [0.5, 0.6) is 0 Å². The third kappa shape index (κ3) is 4.26. The lowest BCUT2D eigenvalue weighted by Crippen LogP contribution is -2.34. The number of fused-ring (bicyclic) bond motifs is 1. The number of halogens is 1. The van der Waals surface area contributed by atoms with Gasteiger partial charge in [-0.15, -0.1) is 0 Å². The SMILES string of the molecule is Cc1cc(C)cc(COP2(=O)OC[C@H]3O[C@@H](n4cc(F)c(=O)[nH]c4=O)C[C@@H]3O2)c1. The number of hydrogen-bond donors (Lipinski definition) is 1. The first-order valence-corrected chi connectivity index (χ1v) is 10.5. The van der Waals surface area contributed by atoms with E-state index in [0.29, 0.717) is 0 Å². The van der Waals surface area contributed by atoms with Crippen LogP contribution in [0.1, 0.15) is 29.3 Å². The van der Waals surface area contributed by atoms with Crippen molar-refractivity contribution in [1.29, 1.82) is 0 Å². The van der Waals surface area contributed by atoms with Crippen LogP contribution in [0.2, 0.25) is 0 Å². The highest BCUT2D eigenvalue weighted by molar-refractivity contribution is 7.48. The summed E-state index contributed by atoms with van der Waals surface area (Å²) in [6.45, 7) is 3.89. The molecule has 4 rings (SSSR count). The summed E-state index contributed by atoms with van der Waals surface area (Å²) in [6, 6.07) is 5.84. The van der Waals surface area contributed by atoms with Crippen molar-refractivity contribution in [3.8, 4) is 0 Å². The number of aryl methyl sites for hydroxylation is 2. The lowest BCUT2D eigenvalue weighted by molar-refractivity contribution is -0.0731. The molecule has 1 aromatic heterocycles. The number of nitrogens with zero attached hydrogens (tertiary/aromatic N) is 1. The quantitative estimate of drug-likeness (QED) is 0.748. The molecule has 29 heavy (non-hydrogen) atoms. The van der Waals surface area contributed by atoms with Gasteiger partial charge >= 0.3 is 13.5 Å². The van der Waals surface area contributed by atoms with Gasteiger partial charge in [-0.3, -0.25) is 27.9 Å². The maximum Gasteiger partial charge on any atom is 0.475 e. The average molecular weight is 426 g/mol. The Kier molecular flexibility index (Phi) is 5.30. The van der Waals surface area contributed by atoms with Crippen LogP contribution in [0.25, 0.3) is 0 Å². The second-order valence-electron chi connectivity index (χ2n) is 7.16. The van der Waals surface area contributed by atoms with Gasteiger partial charge in [0.2, 0.25) is 5.82 Å². The summed E-state index contributed by atoms with van der Waals surface area (Å²) < 4.78 is 49.2. The first-order valence-electron chi connectivity index (χ1n) is 9.03. The maximum absolute atomic E-state index is 13.5. The summed E-state index contributed by atoms with van der Waals surface area (Å²) in [5.74, 6) is -1.11. The van der Waals surface area contributed by atoms with Gasteiger partial charge in [0.05, 0.1) is 19.4 Å². The number of aromatic nitrogens is 2. The van der Waals surface area contributed by atoms with Gasteiger partial charge in [-0.2, -0.15) is 4.39 Å². The standard InChI is InChI=1S/C18H20FN2O7P/c1-10-3-11(2)5-12(4-10)8-25-29(24)26-9-15-14(28-29)6-16(27-15)21-7-13(19)17(22)20-18(21)23/h3-5,7,14-16H,6,8-9H2,1-2H3,(H,20,22,23)/t14-,15+,16+,29?/m0/s1. The number of hydrogen-bond acceptors (Lipinski definition) is 7. The molecule has 2 fully saturated rings. The number of benzene rings is 1. The largest absolute Gasteiger partial charge is 0.475 e. The van der Waals surface area contributed by atoms with Crippen molar-refractivity contribution in [2.75, 3.05) is 6.61 Å². The van der Waals surface area contributed by atoms with Gasteiger partial charge in [0, 0.05) is 6.42 Å². The number of rotatable bonds is 4. The molecular weight excluding hydrogens is 406 g/mol. The Bertz CT molecular complexity index is 1080. The minimum atomic E-state index is -3.83. The highest BCUT2D eigenvalue weighted by Gasteiger charge is 2.48. The summed E-state index contributed by atoms with van der Waals surface area (Å²) in [5.41, 5.74) is 1.03.